The van der Waals surface area contributed by atoms with Crippen molar-refractivity contribution in [3.63, 3.8) is 0 Å². The average molecular weight is 389 g/mol. The van der Waals surface area contributed by atoms with Gasteiger partial charge in [0.1, 0.15) is 11.6 Å². The van der Waals surface area contributed by atoms with Crippen molar-refractivity contribution in [3.05, 3.63) is 71.6 Å². The van der Waals surface area contributed by atoms with E-state index in [1.807, 2.05) is 0 Å². The van der Waals surface area contributed by atoms with E-state index in [4.69, 9.17) is 5.14 Å². The highest BCUT2D eigenvalue weighted by Gasteiger charge is 2.16. The van der Waals surface area contributed by atoms with Crippen molar-refractivity contribution in [2.75, 3.05) is 5.32 Å². The van der Waals surface area contributed by atoms with Crippen LogP contribution >= 0.6 is 0 Å². The number of aryl methyl sites for hydroxylation is 1. The molecule has 1 aromatic heterocycles. The number of hydrogen-bond acceptors (Lipinski definition) is 5. The van der Waals surface area contributed by atoms with Gasteiger partial charge in [0.05, 0.1) is 11.4 Å². The van der Waals surface area contributed by atoms with Crippen molar-refractivity contribution in [2.24, 2.45) is 5.14 Å². The number of nitrogens with two attached hydrogens (primary N) is 1. The van der Waals surface area contributed by atoms with Crippen LogP contribution < -0.4 is 10.5 Å². The van der Waals surface area contributed by atoms with Crippen LogP contribution in [0.25, 0.3) is 5.69 Å². The highest BCUT2D eigenvalue weighted by Crippen LogP contribution is 2.15. The molecule has 0 saturated carbocycles. The molecule has 0 aliphatic rings. The second-order valence-electron chi connectivity index (χ2n) is 5.83. The highest BCUT2D eigenvalue weighted by molar-refractivity contribution is 7.88. The summed E-state index contributed by atoms with van der Waals surface area (Å²) >= 11 is 0. The Morgan fingerprint density at radius 1 is 1.22 bits per heavy atom. The van der Waals surface area contributed by atoms with Gasteiger partial charge in [-0.2, -0.15) is 0 Å². The quantitative estimate of drug-likeness (QED) is 0.689. The second-order valence-corrected chi connectivity index (χ2v) is 7.45. The van der Waals surface area contributed by atoms with Gasteiger partial charge in [0.25, 0.3) is 5.91 Å². The zero-order chi connectivity index (χ0) is 19.6. The molecule has 0 fully saturated rings. The van der Waals surface area contributed by atoms with Crippen LogP contribution in [0.3, 0.4) is 0 Å². The number of amides is 1. The number of benzene rings is 2. The lowest BCUT2D eigenvalue weighted by atomic mass is 10.2. The number of nitrogens with one attached hydrogen (secondary N) is 1. The molecule has 0 aliphatic heterocycles. The van der Waals surface area contributed by atoms with Gasteiger partial charge in [-0.1, -0.05) is 12.1 Å². The first-order valence-corrected chi connectivity index (χ1v) is 9.53. The number of hydrogen-bond donors (Lipinski definition) is 2. The standard InChI is InChI=1S/C17H16FN5O3S/c1-11-20-16(22-23(11)15-7-5-13(18)6-8-15)17(24)21-14-4-2-3-12(9-14)10-27(19,25)26/h2-9H,10H2,1H3,(H,21,24)(H2,19,25,26). The Bertz CT molecular complexity index is 1090. The van der Waals surface area contributed by atoms with E-state index in [1.54, 1.807) is 25.1 Å². The van der Waals surface area contributed by atoms with E-state index < -0.39 is 15.9 Å². The summed E-state index contributed by atoms with van der Waals surface area (Å²) in [5, 5.41) is 11.8. The third-order valence-electron chi connectivity index (χ3n) is 3.60. The maximum atomic E-state index is 13.1. The number of sulfonamides is 1. The summed E-state index contributed by atoms with van der Waals surface area (Å²) in [5.41, 5.74) is 1.39. The predicted molar refractivity (Wildman–Crippen MR) is 97.3 cm³/mol. The monoisotopic (exact) mass is 389 g/mol. The molecule has 0 radical (unpaired) electrons. The molecule has 10 heteroatoms. The number of anilines is 1. The molecule has 0 saturated heterocycles. The minimum Gasteiger partial charge on any atom is -0.319 e. The minimum absolute atomic E-state index is 0.0753. The van der Waals surface area contributed by atoms with Crippen LogP contribution in [0.2, 0.25) is 0 Å². The van der Waals surface area contributed by atoms with Crippen LogP contribution in [0.4, 0.5) is 10.1 Å². The van der Waals surface area contributed by atoms with Crippen molar-refractivity contribution in [1.29, 1.82) is 0 Å². The van der Waals surface area contributed by atoms with Gasteiger partial charge in [-0.3, -0.25) is 4.79 Å². The van der Waals surface area contributed by atoms with Gasteiger partial charge < -0.3 is 5.32 Å². The lowest BCUT2D eigenvalue weighted by Crippen LogP contribution is -2.16. The fraction of sp³-hybridized carbons (Fsp3) is 0.118. The van der Waals surface area contributed by atoms with Crippen molar-refractivity contribution >= 4 is 21.6 Å². The van der Waals surface area contributed by atoms with Crippen LogP contribution in [-0.4, -0.2) is 29.1 Å². The minimum atomic E-state index is -3.68. The summed E-state index contributed by atoms with van der Waals surface area (Å²) in [4.78, 5) is 16.5. The summed E-state index contributed by atoms with van der Waals surface area (Å²) in [6.45, 7) is 1.67. The highest BCUT2D eigenvalue weighted by atomic mass is 32.2. The van der Waals surface area contributed by atoms with E-state index in [2.05, 4.69) is 15.4 Å². The first kappa shape index (κ1) is 18.7. The van der Waals surface area contributed by atoms with E-state index in [0.717, 1.165) is 0 Å². The summed E-state index contributed by atoms with van der Waals surface area (Å²) in [7, 11) is -3.68. The summed E-state index contributed by atoms with van der Waals surface area (Å²) in [6.07, 6.45) is 0. The van der Waals surface area contributed by atoms with E-state index in [-0.39, 0.29) is 17.4 Å². The zero-order valence-electron chi connectivity index (χ0n) is 14.3. The molecule has 0 bridgehead atoms. The van der Waals surface area contributed by atoms with Crippen molar-refractivity contribution in [3.8, 4) is 5.69 Å². The van der Waals surface area contributed by atoms with Gasteiger partial charge in [-0.25, -0.2) is 27.6 Å². The number of halogens is 1. The Morgan fingerprint density at radius 2 is 1.93 bits per heavy atom. The molecule has 27 heavy (non-hydrogen) atoms. The van der Waals surface area contributed by atoms with Gasteiger partial charge in [0, 0.05) is 5.69 Å². The van der Waals surface area contributed by atoms with Gasteiger partial charge in [-0.05, 0) is 48.9 Å². The number of aromatic nitrogens is 3. The van der Waals surface area contributed by atoms with E-state index in [0.29, 0.717) is 22.8 Å². The number of carbonyl (C=O) groups is 1. The Labute approximate surface area is 154 Å². The average Bonchev–Trinajstić information content (AvgIpc) is 2.96. The van der Waals surface area contributed by atoms with Gasteiger partial charge in [0.2, 0.25) is 15.8 Å². The molecule has 3 aromatic rings. The summed E-state index contributed by atoms with van der Waals surface area (Å²) < 4.78 is 36.9. The predicted octanol–water partition coefficient (Wildman–Crippen LogP) is 1.76. The molecule has 3 N–H and O–H groups in total. The Morgan fingerprint density at radius 3 is 2.59 bits per heavy atom. The van der Waals surface area contributed by atoms with Gasteiger partial charge in [0.15, 0.2) is 0 Å². The molecular formula is C17H16FN5O3S. The van der Waals surface area contributed by atoms with Crippen molar-refractivity contribution in [2.45, 2.75) is 12.7 Å². The number of primary sulfonamides is 1. The van der Waals surface area contributed by atoms with Crippen LogP contribution in [0.5, 0.6) is 0 Å². The number of rotatable bonds is 5. The molecule has 0 atom stereocenters. The molecular weight excluding hydrogens is 373 g/mol. The topological polar surface area (TPSA) is 120 Å². The fourth-order valence-corrected chi connectivity index (χ4v) is 3.12. The van der Waals surface area contributed by atoms with Gasteiger partial charge >= 0.3 is 0 Å². The van der Waals surface area contributed by atoms with E-state index in [1.165, 1.54) is 35.0 Å². The smallest absolute Gasteiger partial charge is 0.295 e. The zero-order valence-corrected chi connectivity index (χ0v) is 15.1. The third kappa shape index (κ3) is 4.74. The van der Waals surface area contributed by atoms with Crippen LogP contribution in [0, 0.1) is 12.7 Å². The number of nitrogens with zero attached hydrogens (tertiary/aromatic N) is 3. The summed E-state index contributed by atoms with van der Waals surface area (Å²) in [5.74, 6) is -0.906. The van der Waals surface area contributed by atoms with Crippen LogP contribution in [0.15, 0.2) is 48.5 Å². The molecule has 0 aliphatic carbocycles. The molecule has 1 heterocycles. The molecule has 2 aromatic carbocycles. The molecule has 8 nitrogen and oxygen atoms in total. The fourth-order valence-electron chi connectivity index (χ4n) is 2.47. The first-order chi connectivity index (χ1) is 12.7. The Kier molecular flexibility index (Phi) is 5.02. The van der Waals surface area contributed by atoms with Crippen LogP contribution in [0.1, 0.15) is 22.0 Å². The van der Waals surface area contributed by atoms with E-state index >= 15 is 0 Å². The lowest BCUT2D eigenvalue weighted by Gasteiger charge is -2.05. The molecule has 140 valence electrons. The third-order valence-corrected chi connectivity index (χ3v) is 4.33. The van der Waals surface area contributed by atoms with Crippen LogP contribution in [-0.2, 0) is 15.8 Å². The molecule has 1 amide bonds. The van der Waals surface area contributed by atoms with Crippen molar-refractivity contribution in [1.82, 2.24) is 14.8 Å². The Balaban J connectivity index is 1.80. The number of carbonyl (C=O) groups excluding carboxylic acids is 1. The maximum absolute atomic E-state index is 13.1. The largest absolute Gasteiger partial charge is 0.319 e. The van der Waals surface area contributed by atoms with Gasteiger partial charge in [-0.15, -0.1) is 5.10 Å². The van der Waals surface area contributed by atoms with E-state index in [9.17, 15) is 17.6 Å². The second kappa shape index (κ2) is 7.25. The molecule has 0 spiro atoms. The summed E-state index contributed by atoms with van der Waals surface area (Å²) in [6, 6.07) is 11.9. The molecule has 0 unspecified atom stereocenters. The lowest BCUT2D eigenvalue weighted by molar-refractivity contribution is 0.101. The normalized spacial score (nSPS) is 11.4. The Hall–Kier alpha value is -3.11. The SMILES string of the molecule is Cc1nc(C(=O)Nc2cccc(CS(N)(=O)=O)c2)nn1-c1ccc(F)cc1. The molecule has 3 rings (SSSR count). The first-order valence-electron chi connectivity index (χ1n) is 7.82. The van der Waals surface area contributed by atoms with Crippen molar-refractivity contribution < 1.29 is 17.6 Å². The maximum Gasteiger partial charge on any atom is 0.295 e.